The van der Waals surface area contributed by atoms with Crippen LogP contribution in [0.5, 0.6) is 0 Å². The molecule has 9 heteroatoms. The summed E-state index contributed by atoms with van der Waals surface area (Å²) < 4.78 is 23.0. The molecule has 34 heavy (non-hydrogen) atoms. The van der Waals surface area contributed by atoms with Gasteiger partial charge in [-0.15, -0.1) is 0 Å². The highest BCUT2D eigenvalue weighted by atomic mass is 32.2. The zero-order valence-electron chi connectivity index (χ0n) is 19.1. The Morgan fingerprint density at radius 3 is 2.15 bits per heavy atom. The molecule has 3 rings (SSSR count). The molecule has 1 amide bonds. The second kappa shape index (κ2) is 11.4. The molecule has 0 fully saturated rings. The Morgan fingerprint density at radius 1 is 1.03 bits per heavy atom. The van der Waals surface area contributed by atoms with Gasteiger partial charge in [0.15, 0.2) is 0 Å². The van der Waals surface area contributed by atoms with Crippen LogP contribution in [0.4, 0.5) is 0 Å². The van der Waals surface area contributed by atoms with Crippen molar-refractivity contribution in [2.24, 2.45) is 11.1 Å². The third-order valence-electron chi connectivity index (χ3n) is 5.37. The maximum Gasteiger partial charge on any atom is 0.238 e. The van der Waals surface area contributed by atoms with Crippen LogP contribution < -0.4 is 15.8 Å². The molecule has 2 atom stereocenters. The number of carbonyl (C=O) groups excluding carboxylic acids is 1. The summed E-state index contributed by atoms with van der Waals surface area (Å²) in [5.41, 5.74) is 3.66. The fraction of sp³-hybridized carbons (Fsp3) is 0.280. The summed E-state index contributed by atoms with van der Waals surface area (Å²) in [7, 11) is -3.74. The fourth-order valence-electron chi connectivity index (χ4n) is 3.67. The molecule has 2 aromatic carbocycles. The number of nitrogens with two attached hydrogens (primary N) is 1. The number of nitriles is 1. The van der Waals surface area contributed by atoms with Crippen LogP contribution in [0.2, 0.25) is 0 Å². The van der Waals surface area contributed by atoms with E-state index in [0.717, 1.165) is 22.3 Å². The number of hydrogen-bond acceptors (Lipinski definition) is 6. The molecule has 178 valence electrons. The van der Waals surface area contributed by atoms with Crippen molar-refractivity contribution in [3.05, 3.63) is 76.5 Å². The summed E-state index contributed by atoms with van der Waals surface area (Å²) in [6, 6.07) is 17.4. The van der Waals surface area contributed by atoms with Crippen LogP contribution >= 0.6 is 11.3 Å². The van der Waals surface area contributed by atoms with Crippen LogP contribution in [0, 0.1) is 17.2 Å². The maximum absolute atomic E-state index is 13.1. The monoisotopic (exact) mass is 496 g/mol. The smallest absolute Gasteiger partial charge is 0.238 e. The van der Waals surface area contributed by atoms with Crippen LogP contribution in [0.15, 0.2) is 70.3 Å². The minimum absolute atomic E-state index is 0.0639. The minimum atomic E-state index is -3.74. The van der Waals surface area contributed by atoms with Crippen molar-refractivity contribution in [1.29, 1.82) is 5.26 Å². The predicted molar refractivity (Wildman–Crippen MR) is 134 cm³/mol. The second-order valence-corrected chi connectivity index (χ2v) is 10.8. The molecule has 0 radical (unpaired) electrons. The number of sulfonamides is 1. The highest BCUT2D eigenvalue weighted by Crippen LogP contribution is 2.28. The maximum atomic E-state index is 13.1. The lowest BCUT2D eigenvalue weighted by atomic mass is 9.96. The van der Waals surface area contributed by atoms with E-state index in [1.165, 1.54) is 12.1 Å². The number of benzene rings is 2. The Labute approximate surface area is 204 Å². The number of thiophene rings is 1. The molecule has 1 heterocycles. The van der Waals surface area contributed by atoms with Gasteiger partial charge in [-0.3, -0.25) is 10.1 Å². The molecule has 0 bridgehead atoms. The van der Waals surface area contributed by atoms with Crippen molar-refractivity contribution in [3.63, 3.8) is 0 Å². The van der Waals surface area contributed by atoms with E-state index in [2.05, 4.69) is 10.6 Å². The zero-order chi connectivity index (χ0) is 24.7. The van der Waals surface area contributed by atoms with Gasteiger partial charge in [-0.05, 0) is 63.6 Å². The van der Waals surface area contributed by atoms with E-state index in [9.17, 15) is 13.2 Å². The van der Waals surface area contributed by atoms with Gasteiger partial charge in [-0.2, -0.15) is 16.6 Å². The minimum Gasteiger partial charge on any atom is -0.344 e. The number of amides is 1. The van der Waals surface area contributed by atoms with E-state index in [0.29, 0.717) is 12.3 Å². The van der Waals surface area contributed by atoms with Gasteiger partial charge in [0.05, 0.1) is 29.6 Å². The van der Waals surface area contributed by atoms with Crippen LogP contribution in [0.25, 0.3) is 11.1 Å². The molecule has 0 aliphatic heterocycles. The average molecular weight is 497 g/mol. The number of carbonyl (C=O) groups is 1. The van der Waals surface area contributed by atoms with Crippen LogP contribution in [0.3, 0.4) is 0 Å². The third-order valence-corrected chi connectivity index (χ3v) is 7.01. The summed E-state index contributed by atoms with van der Waals surface area (Å²) in [5, 5.41) is 24.3. The van der Waals surface area contributed by atoms with Gasteiger partial charge in [-0.25, -0.2) is 13.6 Å². The van der Waals surface area contributed by atoms with Crippen LogP contribution in [-0.2, 0) is 14.8 Å². The molecule has 3 aromatic rings. The van der Waals surface area contributed by atoms with Gasteiger partial charge in [-0.1, -0.05) is 50.2 Å². The number of primary sulfonamides is 1. The summed E-state index contributed by atoms with van der Waals surface area (Å²) in [6.45, 7) is 4.19. The van der Waals surface area contributed by atoms with Crippen molar-refractivity contribution in [1.82, 2.24) is 10.6 Å². The fourth-order valence-corrected chi connectivity index (χ4v) is 4.87. The van der Waals surface area contributed by atoms with Gasteiger partial charge in [0.1, 0.15) is 0 Å². The Hall–Kier alpha value is -3.03. The first-order chi connectivity index (χ1) is 16.2. The Balaban J connectivity index is 1.84. The lowest BCUT2D eigenvalue weighted by Gasteiger charge is -2.24. The van der Waals surface area contributed by atoms with Crippen molar-refractivity contribution in [2.45, 2.75) is 37.2 Å². The van der Waals surface area contributed by atoms with E-state index in [1.807, 2.05) is 61.0 Å². The van der Waals surface area contributed by atoms with Gasteiger partial charge in [0.2, 0.25) is 15.9 Å². The molecule has 0 spiro atoms. The molecule has 4 N–H and O–H groups in total. The highest BCUT2D eigenvalue weighted by molar-refractivity contribution is 7.89. The number of nitrogens with one attached hydrogen (secondary N) is 2. The highest BCUT2D eigenvalue weighted by Gasteiger charge is 2.24. The second-order valence-electron chi connectivity index (χ2n) is 8.41. The number of rotatable bonds is 10. The summed E-state index contributed by atoms with van der Waals surface area (Å²) in [6.07, 6.45) is 0.622. The van der Waals surface area contributed by atoms with Crippen LogP contribution in [0.1, 0.15) is 37.4 Å². The molecule has 0 unspecified atom stereocenters. The predicted octanol–water partition coefficient (Wildman–Crippen LogP) is 3.80. The lowest BCUT2D eigenvalue weighted by molar-refractivity contribution is -0.124. The lowest BCUT2D eigenvalue weighted by Crippen LogP contribution is -2.46. The number of hydrogen-bond donors (Lipinski definition) is 3. The Morgan fingerprint density at radius 2 is 1.65 bits per heavy atom. The molecule has 1 aromatic heterocycles. The standard InChI is InChI=1S/C25H28N4O3S2/c1-17(2)15-23(28-13-12-26)25(30)29-24(21-11-14-33-16-21)20-5-3-18(4-6-20)19-7-9-22(10-8-19)34(27,31)32/h3-11,14,16-17,23-24,28H,13,15H2,1-2H3,(H,29,30)(H2,27,31,32)/t23-,24-/m0/s1. The molecule has 0 saturated carbocycles. The molecule has 7 nitrogen and oxygen atoms in total. The summed E-state index contributed by atoms with van der Waals surface area (Å²) in [5.74, 6) is 0.143. The Kier molecular flexibility index (Phi) is 8.58. The van der Waals surface area contributed by atoms with E-state index in [4.69, 9.17) is 10.4 Å². The van der Waals surface area contributed by atoms with Crippen molar-refractivity contribution >= 4 is 27.3 Å². The largest absolute Gasteiger partial charge is 0.344 e. The topological polar surface area (TPSA) is 125 Å². The normalized spacial score (nSPS) is 13.3. The van der Waals surface area contributed by atoms with Gasteiger partial charge < -0.3 is 5.32 Å². The van der Waals surface area contributed by atoms with E-state index < -0.39 is 16.1 Å². The van der Waals surface area contributed by atoms with E-state index in [1.54, 1.807) is 23.5 Å². The average Bonchev–Trinajstić information content (AvgIpc) is 3.34. The van der Waals surface area contributed by atoms with Crippen molar-refractivity contribution in [3.8, 4) is 17.2 Å². The molecule has 0 saturated heterocycles. The van der Waals surface area contributed by atoms with Gasteiger partial charge >= 0.3 is 0 Å². The van der Waals surface area contributed by atoms with Crippen molar-refractivity contribution < 1.29 is 13.2 Å². The van der Waals surface area contributed by atoms with Gasteiger partial charge in [0.25, 0.3) is 0 Å². The first kappa shape index (κ1) is 25.6. The SMILES string of the molecule is CC(C)C[C@H](NCC#N)C(=O)N[C@@H](c1ccc(-c2ccc(S(N)(=O)=O)cc2)cc1)c1ccsc1. The zero-order valence-corrected chi connectivity index (χ0v) is 20.7. The molecule has 0 aliphatic rings. The quantitative estimate of drug-likeness (QED) is 0.368. The van der Waals surface area contributed by atoms with Crippen LogP contribution in [-0.4, -0.2) is 26.9 Å². The van der Waals surface area contributed by atoms with E-state index in [-0.39, 0.29) is 23.4 Å². The first-order valence-electron chi connectivity index (χ1n) is 10.8. The molecular weight excluding hydrogens is 468 g/mol. The van der Waals surface area contributed by atoms with Gasteiger partial charge in [0, 0.05) is 0 Å². The third kappa shape index (κ3) is 6.74. The summed E-state index contributed by atoms with van der Waals surface area (Å²) >= 11 is 1.56. The molecular formula is C25H28N4O3S2. The number of nitrogens with zero attached hydrogens (tertiary/aromatic N) is 1. The summed E-state index contributed by atoms with van der Waals surface area (Å²) in [4.78, 5) is 13.2. The van der Waals surface area contributed by atoms with E-state index >= 15 is 0 Å². The first-order valence-corrected chi connectivity index (χ1v) is 13.3. The Bertz CT molecular complexity index is 1230. The van der Waals surface area contributed by atoms with Crippen molar-refractivity contribution in [2.75, 3.05) is 6.54 Å². The molecule has 0 aliphatic carbocycles.